The van der Waals surface area contributed by atoms with Crippen LogP contribution in [-0.2, 0) is 11.3 Å². The number of ether oxygens (including phenoxy) is 2. The van der Waals surface area contributed by atoms with Gasteiger partial charge < -0.3 is 9.30 Å². The van der Waals surface area contributed by atoms with Crippen LogP contribution in [0.15, 0.2) is 30.5 Å². The Hall–Kier alpha value is -1.69. The van der Waals surface area contributed by atoms with Crippen molar-refractivity contribution in [3.05, 3.63) is 30.5 Å². The predicted molar refractivity (Wildman–Crippen MR) is 69.7 cm³/mol. The molecule has 0 amide bonds. The first kappa shape index (κ1) is 14.7. The molecule has 0 radical (unpaired) electrons. The topological polar surface area (TPSA) is 23.4 Å². The van der Waals surface area contributed by atoms with E-state index in [4.69, 9.17) is 4.74 Å². The van der Waals surface area contributed by atoms with Gasteiger partial charge in [-0.1, -0.05) is 13.0 Å². The smallest absolute Gasteiger partial charge is 0.493 e. The Morgan fingerprint density at radius 3 is 2.65 bits per heavy atom. The molecule has 0 N–H and O–H groups in total. The van der Waals surface area contributed by atoms with Crippen molar-refractivity contribution in [3.63, 3.8) is 0 Å². The fourth-order valence-corrected chi connectivity index (χ4v) is 1.99. The number of alkyl halides is 3. The van der Waals surface area contributed by atoms with Crippen LogP contribution in [0.1, 0.15) is 13.3 Å². The van der Waals surface area contributed by atoms with Crippen LogP contribution in [-0.4, -0.2) is 24.1 Å². The molecule has 2 aromatic rings. The standard InChI is InChI=1S/C14H16F3NO2/c1-2-9-19-13-5-3-4-12-11(13)6-7-18(12)8-10-20-14(15,16)17/h3-7H,2,8-10H2,1H3. The lowest BCUT2D eigenvalue weighted by atomic mass is 10.2. The third-order valence-electron chi connectivity index (χ3n) is 2.83. The van der Waals surface area contributed by atoms with Gasteiger partial charge in [-0.2, -0.15) is 0 Å². The van der Waals surface area contributed by atoms with Crippen LogP contribution in [0.2, 0.25) is 0 Å². The van der Waals surface area contributed by atoms with Gasteiger partial charge in [0.1, 0.15) is 5.75 Å². The van der Waals surface area contributed by atoms with E-state index in [0.717, 1.165) is 23.1 Å². The van der Waals surface area contributed by atoms with Crippen molar-refractivity contribution < 1.29 is 22.6 Å². The summed E-state index contributed by atoms with van der Waals surface area (Å²) >= 11 is 0. The van der Waals surface area contributed by atoms with Crippen molar-refractivity contribution in [2.75, 3.05) is 13.2 Å². The van der Waals surface area contributed by atoms with Crippen LogP contribution < -0.4 is 4.74 Å². The van der Waals surface area contributed by atoms with E-state index in [1.807, 2.05) is 31.2 Å². The van der Waals surface area contributed by atoms with Gasteiger partial charge in [0.25, 0.3) is 0 Å². The molecule has 1 heterocycles. The largest absolute Gasteiger partial charge is 0.522 e. The Kier molecular flexibility index (Phi) is 4.54. The molecule has 0 aliphatic heterocycles. The van der Waals surface area contributed by atoms with E-state index in [1.54, 1.807) is 10.8 Å². The third-order valence-corrected chi connectivity index (χ3v) is 2.83. The molecule has 110 valence electrons. The van der Waals surface area contributed by atoms with Gasteiger partial charge in [-0.25, -0.2) is 0 Å². The van der Waals surface area contributed by atoms with E-state index < -0.39 is 13.0 Å². The number of fused-ring (bicyclic) bond motifs is 1. The van der Waals surface area contributed by atoms with Crippen molar-refractivity contribution >= 4 is 10.9 Å². The molecule has 0 atom stereocenters. The first-order valence-electron chi connectivity index (χ1n) is 6.42. The normalized spacial score (nSPS) is 12.0. The molecule has 0 aliphatic rings. The Balaban J connectivity index is 2.11. The van der Waals surface area contributed by atoms with E-state index in [1.165, 1.54) is 0 Å². The third kappa shape index (κ3) is 3.66. The lowest BCUT2D eigenvalue weighted by Crippen LogP contribution is -2.17. The highest BCUT2D eigenvalue weighted by atomic mass is 19.4. The molecule has 0 spiro atoms. The molecular formula is C14H16F3NO2. The molecular weight excluding hydrogens is 271 g/mol. The van der Waals surface area contributed by atoms with Gasteiger partial charge in [-0.3, -0.25) is 4.74 Å². The molecule has 0 saturated carbocycles. The van der Waals surface area contributed by atoms with Crippen LogP contribution in [0.3, 0.4) is 0 Å². The van der Waals surface area contributed by atoms with E-state index in [9.17, 15) is 13.2 Å². The van der Waals surface area contributed by atoms with Crippen LogP contribution in [0.25, 0.3) is 10.9 Å². The SMILES string of the molecule is CCCOc1cccc2c1ccn2CCOC(F)(F)F. The number of aromatic nitrogens is 1. The Morgan fingerprint density at radius 1 is 1.15 bits per heavy atom. The molecule has 0 saturated heterocycles. The lowest BCUT2D eigenvalue weighted by molar-refractivity contribution is -0.325. The molecule has 2 rings (SSSR count). The quantitative estimate of drug-likeness (QED) is 0.802. The average Bonchev–Trinajstić information content (AvgIpc) is 2.79. The number of hydrogen-bond donors (Lipinski definition) is 0. The van der Waals surface area contributed by atoms with Crippen LogP contribution in [0.5, 0.6) is 5.75 Å². The summed E-state index contributed by atoms with van der Waals surface area (Å²) in [7, 11) is 0. The van der Waals surface area contributed by atoms with Crippen LogP contribution in [0, 0.1) is 0 Å². The number of halogens is 3. The van der Waals surface area contributed by atoms with E-state index in [0.29, 0.717) is 6.61 Å². The summed E-state index contributed by atoms with van der Waals surface area (Å²) in [6, 6.07) is 7.37. The Bertz CT molecular complexity index is 563. The van der Waals surface area contributed by atoms with Crippen molar-refractivity contribution in [1.29, 1.82) is 0 Å². The summed E-state index contributed by atoms with van der Waals surface area (Å²) in [5.74, 6) is 0.750. The Labute approximate surface area is 114 Å². The molecule has 3 nitrogen and oxygen atoms in total. The highest BCUT2D eigenvalue weighted by Gasteiger charge is 2.28. The van der Waals surface area contributed by atoms with Gasteiger partial charge in [0.15, 0.2) is 0 Å². The highest BCUT2D eigenvalue weighted by Crippen LogP contribution is 2.27. The minimum Gasteiger partial charge on any atom is -0.493 e. The lowest BCUT2D eigenvalue weighted by Gasteiger charge is -2.10. The van der Waals surface area contributed by atoms with Crippen LogP contribution in [0.4, 0.5) is 13.2 Å². The van der Waals surface area contributed by atoms with E-state index in [-0.39, 0.29) is 6.54 Å². The predicted octanol–water partition coefficient (Wildman–Crippen LogP) is 3.97. The zero-order valence-corrected chi connectivity index (χ0v) is 11.1. The molecule has 0 fully saturated rings. The number of hydrogen-bond acceptors (Lipinski definition) is 2. The molecule has 0 bridgehead atoms. The molecule has 0 aliphatic carbocycles. The van der Waals surface area contributed by atoms with Gasteiger partial charge >= 0.3 is 6.36 Å². The molecule has 0 unspecified atom stereocenters. The van der Waals surface area contributed by atoms with Gasteiger partial charge in [-0.15, -0.1) is 13.2 Å². The maximum Gasteiger partial charge on any atom is 0.522 e. The number of benzene rings is 1. The summed E-state index contributed by atoms with van der Waals surface area (Å²) < 4.78 is 47.0. The first-order valence-corrected chi connectivity index (χ1v) is 6.42. The summed E-state index contributed by atoms with van der Waals surface area (Å²) in [6.07, 6.45) is -1.95. The second-order valence-corrected chi connectivity index (χ2v) is 4.34. The maximum atomic E-state index is 12.0. The fraction of sp³-hybridized carbons (Fsp3) is 0.429. The van der Waals surface area contributed by atoms with E-state index in [2.05, 4.69) is 4.74 Å². The zero-order chi connectivity index (χ0) is 14.6. The highest BCUT2D eigenvalue weighted by molar-refractivity contribution is 5.86. The van der Waals surface area contributed by atoms with Crippen molar-refractivity contribution in [3.8, 4) is 5.75 Å². The van der Waals surface area contributed by atoms with Gasteiger partial charge in [-0.05, 0) is 24.6 Å². The average molecular weight is 287 g/mol. The molecule has 6 heteroatoms. The van der Waals surface area contributed by atoms with Gasteiger partial charge in [0.2, 0.25) is 0 Å². The minimum absolute atomic E-state index is 0.139. The van der Waals surface area contributed by atoms with Crippen molar-refractivity contribution in [1.82, 2.24) is 4.57 Å². The number of rotatable bonds is 6. The molecule has 1 aromatic heterocycles. The Morgan fingerprint density at radius 2 is 1.95 bits per heavy atom. The monoisotopic (exact) mass is 287 g/mol. The molecule has 20 heavy (non-hydrogen) atoms. The molecule has 1 aromatic carbocycles. The van der Waals surface area contributed by atoms with E-state index >= 15 is 0 Å². The maximum absolute atomic E-state index is 12.0. The summed E-state index contributed by atoms with van der Waals surface area (Å²) in [6.45, 7) is 2.36. The summed E-state index contributed by atoms with van der Waals surface area (Å²) in [4.78, 5) is 0. The summed E-state index contributed by atoms with van der Waals surface area (Å²) in [5, 5.41) is 0.896. The van der Waals surface area contributed by atoms with Crippen molar-refractivity contribution in [2.45, 2.75) is 26.3 Å². The van der Waals surface area contributed by atoms with Gasteiger partial charge in [0, 0.05) is 18.1 Å². The van der Waals surface area contributed by atoms with Crippen molar-refractivity contribution in [2.24, 2.45) is 0 Å². The summed E-state index contributed by atoms with van der Waals surface area (Å²) in [5.41, 5.74) is 0.837. The number of nitrogens with zero attached hydrogens (tertiary/aromatic N) is 1. The zero-order valence-electron chi connectivity index (χ0n) is 11.1. The second kappa shape index (κ2) is 6.17. The minimum atomic E-state index is -4.58. The van der Waals surface area contributed by atoms with Gasteiger partial charge in [0.05, 0.1) is 18.7 Å². The fourth-order valence-electron chi connectivity index (χ4n) is 1.99. The second-order valence-electron chi connectivity index (χ2n) is 4.34. The van der Waals surface area contributed by atoms with Crippen LogP contribution >= 0.6 is 0 Å². The first-order chi connectivity index (χ1) is 9.51.